The van der Waals surface area contributed by atoms with E-state index in [1.54, 1.807) is 37.3 Å². The lowest BCUT2D eigenvalue weighted by Crippen LogP contribution is -2.47. The third kappa shape index (κ3) is 4.59. The lowest BCUT2D eigenvalue weighted by molar-refractivity contribution is -0.144. The van der Waals surface area contributed by atoms with Crippen molar-refractivity contribution in [2.45, 2.75) is 25.7 Å². The summed E-state index contributed by atoms with van der Waals surface area (Å²) in [4.78, 5) is 24.0. The van der Waals surface area contributed by atoms with Crippen molar-refractivity contribution in [2.75, 3.05) is 13.2 Å². The summed E-state index contributed by atoms with van der Waals surface area (Å²) < 4.78 is 5.45. The molecule has 5 nitrogen and oxygen atoms in total. The first-order valence-corrected chi connectivity index (χ1v) is 8.23. The van der Waals surface area contributed by atoms with Crippen LogP contribution in [0.15, 0.2) is 54.6 Å². The smallest absolute Gasteiger partial charge is 0.315 e. The fourth-order valence-electron chi connectivity index (χ4n) is 2.69. The minimum atomic E-state index is -1.15. The van der Waals surface area contributed by atoms with E-state index in [0.717, 1.165) is 5.56 Å². The van der Waals surface area contributed by atoms with Gasteiger partial charge in [-0.15, -0.1) is 0 Å². The van der Waals surface area contributed by atoms with Crippen molar-refractivity contribution in [1.82, 2.24) is 5.32 Å². The molecule has 2 aromatic rings. The zero-order valence-corrected chi connectivity index (χ0v) is 14.5. The summed E-state index contributed by atoms with van der Waals surface area (Å²) in [6.07, 6.45) is 0.366. The number of ether oxygens (including phenoxy) is 1. The van der Waals surface area contributed by atoms with Crippen molar-refractivity contribution in [3.05, 3.63) is 65.7 Å². The maximum absolute atomic E-state index is 12.1. The minimum absolute atomic E-state index is 0.0128. The molecule has 0 aliphatic carbocycles. The fraction of sp³-hybridized carbons (Fsp3) is 0.300. The number of carbonyl (C=O) groups is 2. The molecular formula is C20H23NO4. The van der Waals surface area contributed by atoms with Crippen molar-refractivity contribution in [3.8, 4) is 5.75 Å². The molecule has 0 bridgehead atoms. The number of carboxylic acids is 1. The highest BCUT2D eigenvalue weighted by atomic mass is 16.5. The average molecular weight is 341 g/mol. The second kappa shape index (κ2) is 8.33. The molecule has 2 aromatic carbocycles. The van der Waals surface area contributed by atoms with Gasteiger partial charge in [-0.05, 0) is 36.6 Å². The fourth-order valence-corrected chi connectivity index (χ4v) is 2.69. The van der Waals surface area contributed by atoms with Crippen LogP contribution in [-0.4, -0.2) is 30.1 Å². The Hall–Kier alpha value is -2.82. The van der Waals surface area contributed by atoms with Crippen molar-refractivity contribution < 1.29 is 19.4 Å². The predicted molar refractivity (Wildman–Crippen MR) is 95.7 cm³/mol. The summed E-state index contributed by atoms with van der Waals surface area (Å²) in [5.74, 6) is -0.698. The Morgan fingerprint density at radius 2 is 1.84 bits per heavy atom. The van der Waals surface area contributed by atoms with Crippen LogP contribution in [0.1, 0.15) is 24.5 Å². The molecule has 0 aliphatic heterocycles. The molecule has 0 saturated carbocycles. The standard InChI is InChI=1S/C20H23NO4/c1-3-20(19(23)24,16-9-5-4-6-10-16)14-21-18(22)13-25-17-11-7-8-15(2)12-17/h4-12H,3,13-14H2,1-2H3,(H,21,22)(H,23,24). The van der Waals surface area contributed by atoms with Crippen LogP contribution < -0.4 is 10.1 Å². The Bertz CT molecular complexity index is 729. The van der Waals surface area contributed by atoms with E-state index in [1.807, 2.05) is 31.2 Å². The van der Waals surface area contributed by atoms with E-state index in [2.05, 4.69) is 5.32 Å². The molecule has 1 amide bonds. The van der Waals surface area contributed by atoms with Crippen LogP contribution in [0.25, 0.3) is 0 Å². The number of aliphatic carboxylic acids is 1. The summed E-state index contributed by atoms with van der Waals surface area (Å²) in [5.41, 5.74) is 0.558. The molecule has 0 radical (unpaired) electrons. The molecule has 1 unspecified atom stereocenters. The number of hydrogen-bond donors (Lipinski definition) is 2. The molecule has 0 spiro atoms. The van der Waals surface area contributed by atoms with Crippen molar-refractivity contribution in [1.29, 1.82) is 0 Å². The molecule has 1 atom stereocenters. The van der Waals surface area contributed by atoms with Gasteiger partial charge in [-0.1, -0.05) is 49.4 Å². The van der Waals surface area contributed by atoms with E-state index in [1.165, 1.54) is 0 Å². The molecule has 0 heterocycles. The van der Waals surface area contributed by atoms with Crippen molar-refractivity contribution in [3.63, 3.8) is 0 Å². The summed E-state index contributed by atoms with van der Waals surface area (Å²) >= 11 is 0. The number of hydrogen-bond acceptors (Lipinski definition) is 3. The van der Waals surface area contributed by atoms with E-state index in [0.29, 0.717) is 17.7 Å². The Morgan fingerprint density at radius 1 is 1.12 bits per heavy atom. The van der Waals surface area contributed by atoms with Gasteiger partial charge in [-0.3, -0.25) is 9.59 Å². The Labute approximate surface area is 147 Å². The van der Waals surface area contributed by atoms with Gasteiger partial charge in [0.2, 0.25) is 0 Å². The van der Waals surface area contributed by atoms with Crippen LogP contribution in [0, 0.1) is 6.92 Å². The van der Waals surface area contributed by atoms with Crippen LogP contribution in [0.4, 0.5) is 0 Å². The van der Waals surface area contributed by atoms with Crippen LogP contribution in [-0.2, 0) is 15.0 Å². The lowest BCUT2D eigenvalue weighted by atomic mass is 9.78. The average Bonchev–Trinajstić information content (AvgIpc) is 2.61. The summed E-state index contributed by atoms with van der Waals surface area (Å²) in [7, 11) is 0. The summed E-state index contributed by atoms with van der Waals surface area (Å²) in [6, 6.07) is 16.4. The lowest BCUT2D eigenvalue weighted by Gasteiger charge is -2.29. The molecule has 2 N–H and O–H groups in total. The SMILES string of the molecule is CCC(CNC(=O)COc1cccc(C)c1)(C(=O)O)c1ccccc1. The van der Waals surface area contributed by atoms with Gasteiger partial charge in [-0.25, -0.2) is 0 Å². The Kier molecular flexibility index (Phi) is 6.17. The minimum Gasteiger partial charge on any atom is -0.484 e. The van der Waals surface area contributed by atoms with E-state index < -0.39 is 11.4 Å². The van der Waals surface area contributed by atoms with Gasteiger partial charge in [0.15, 0.2) is 6.61 Å². The zero-order valence-electron chi connectivity index (χ0n) is 14.5. The predicted octanol–water partition coefficient (Wildman–Crippen LogP) is 2.92. The number of nitrogens with one attached hydrogen (secondary N) is 1. The molecule has 2 rings (SSSR count). The van der Waals surface area contributed by atoms with Gasteiger partial charge in [0.05, 0.1) is 0 Å². The molecular weight excluding hydrogens is 318 g/mol. The third-order valence-electron chi connectivity index (χ3n) is 4.29. The monoisotopic (exact) mass is 341 g/mol. The van der Waals surface area contributed by atoms with Crippen LogP contribution >= 0.6 is 0 Å². The van der Waals surface area contributed by atoms with E-state index in [4.69, 9.17) is 4.74 Å². The first-order valence-electron chi connectivity index (χ1n) is 8.23. The highest BCUT2D eigenvalue weighted by molar-refractivity contribution is 5.84. The van der Waals surface area contributed by atoms with E-state index >= 15 is 0 Å². The van der Waals surface area contributed by atoms with Gasteiger partial charge in [0.1, 0.15) is 11.2 Å². The second-order valence-corrected chi connectivity index (χ2v) is 5.99. The molecule has 0 saturated heterocycles. The molecule has 0 aromatic heterocycles. The van der Waals surface area contributed by atoms with Crippen LogP contribution in [0.3, 0.4) is 0 Å². The largest absolute Gasteiger partial charge is 0.484 e. The summed E-state index contributed by atoms with van der Waals surface area (Å²) in [5, 5.41) is 12.4. The van der Waals surface area contributed by atoms with E-state index in [-0.39, 0.29) is 19.1 Å². The highest BCUT2D eigenvalue weighted by Crippen LogP contribution is 2.27. The topological polar surface area (TPSA) is 75.6 Å². The molecule has 0 fully saturated rings. The Morgan fingerprint density at radius 3 is 2.44 bits per heavy atom. The Balaban J connectivity index is 2.00. The summed E-state index contributed by atoms with van der Waals surface area (Å²) in [6.45, 7) is 3.60. The molecule has 25 heavy (non-hydrogen) atoms. The van der Waals surface area contributed by atoms with Crippen molar-refractivity contribution >= 4 is 11.9 Å². The van der Waals surface area contributed by atoms with Gasteiger partial charge in [0, 0.05) is 6.54 Å². The van der Waals surface area contributed by atoms with Gasteiger partial charge >= 0.3 is 5.97 Å². The number of carboxylic acid groups (broad SMARTS) is 1. The maximum atomic E-state index is 12.1. The normalized spacial score (nSPS) is 12.9. The molecule has 5 heteroatoms. The van der Waals surface area contributed by atoms with Gasteiger partial charge < -0.3 is 15.2 Å². The van der Waals surface area contributed by atoms with Gasteiger partial charge in [-0.2, -0.15) is 0 Å². The third-order valence-corrected chi connectivity index (χ3v) is 4.29. The second-order valence-electron chi connectivity index (χ2n) is 5.99. The number of benzene rings is 2. The van der Waals surface area contributed by atoms with Crippen LogP contribution in [0.5, 0.6) is 5.75 Å². The van der Waals surface area contributed by atoms with Crippen molar-refractivity contribution in [2.24, 2.45) is 0 Å². The molecule has 132 valence electrons. The highest BCUT2D eigenvalue weighted by Gasteiger charge is 2.38. The first kappa shape index (κ1) is 18.5. The number of carbonyl (C=O) groups excluding carboxylic acids is 1. The maximum Gasteiger partial charge on any atom is 0.315 e. The first-order chi connectivity index (χ1) is 12.0. The zero-order chi connectivity index (χ0) is 18.3. The number of rotatable bonds is 8. The molecule has 0 aliphatic rings. The van der Waals surface area contributed by atoms with Crippen LogP contribution in [0.2, 0.25) is 0 Å². The number of aryl methyl sites for hydroxylation is 1. The number of amides is 1. The van der Waals surface area contributed by atoms with E-state index in [9.17, 15) is 14.7 Å². The quantitative estimate of drug-likeness (QED) is 0.774. The van der Waals surface area contributed by atoms with Gasteiger partial charge in [0.25, 0.3) is 5.91 Å².